The largest absolute Gasteiger partial charge is 0.354 e. The van der Waals surface area contributed by atoms with Crippen LogP contribution in [0.25, 0.3) is 10.2 Å². The van der Waals surface area contributed by atoms with Crippen LogP contribution in [-0.4, -0.2) is 72.3 Å². The first-order valence-electron chi connectivity index (χ1n) is 13.4. The van der Waals surface area contributed by atoms with Crippen molar-refractivity contribution in [3.63, 3.8) is 0 Å². The van der Waals surface area contributed by atoms with Gasteiger partial charge in [0, 0.05) is 37.6 Å². The number of hydrogen-bond acceptors (Lipinski definition) is 7. The molecule has 206 valence electrons. The highest BCUT2D eigenvalue weighted by atomic mass is 32.2. The Morgan fingerprint density at radius 2 is 1.65 bits per heavy atom. The number of thiophene rings is 1. The first kappa shape index (κ1) is 28.2. The van der Waals surface area contributed by atoms with Crippen LogP contribution >= 0.6 is 11.3 Å². The summed E-state index contributed by atoms with van der Waals surface area (Å²) < 4.78 is 30.1. The normalized spacial score (nSPS) is 26.0. The standard InChI is InChI=1S/C26H41N5O4S2/c1-17-9-18(2)12-29(11-17)8-6-7-27-22(32)15-30-16-28-25-23(26(30)33)24(21(5)36-25)37(34,35)31-13-19(3)10-20(4)14-31/h16-20H,6-15H2,1-5H3,(H,27,32)/t17-,18+,19-,20+. The molecule has 0 radical (unpaired) electrons. The van der Waals surface area contributed by atoms with Crippen molar-refractivity contribution in [2.45, 2.75) is 65.3 Å². The van der Waals surface area contributed by atoms with Gasteiger partial charge in [-0.2, -0.15) is 4.31 Å². The molecule has 2 aromatic rings. The van der Waals surface area contributed by atoms with E-state index in [1.165, 1.54) is 33.0 Å². The van der Waals surface area contributed by atoms with Crippen LogP contribution in [0.1, 0.15) is 51.8 Å². The summed E-state index contributed by atoms with van der Waals surface area (Å²) in [5.41, 5.74) is -0.488. The minimum atomic E-state index is -3.86. The lowest BCUT2D eigenvalue weighted by atomic mass is 9.92. The third-order valence-corrected chi connectivity index (χ3v) is 10.6. The summed E-state index contributed by atoms with van der Waals surface area (Å²) in [6.07, 6.45) is 4.44. The van der Waals surface area contributed by atoms with Crippen LogP contribution in [0.4, 0.5) is 0 Å². The van der Waals surface area contributed by atoms with Gasteiger partial charge in [0.05, 0.1) is 11.7 Å². The number of nitrogens with one attached hydrogen (secondary N) is 1. The second-order valence-corrected chi connectivity index (χ2v) is 14.6. The molecule has 2 aliphatic heterocycles. The van der Waals surface area contributed by atoms with E-state index in [1.807, 2.05) is 0 Å². The predicted octanol–water partition coefficient (Wildman–Crippen LogP) is 2.92. The zero-order valence-corrected chi connectivity index (χ0v) is 24.3. The van der Waals surface area contributed by atoms with Crippen molar-refractivity contribution in [2.24, 2.45) is 23.7 Å². The molecule has 1 amide bonds. The topological polar surface area (TPSA) is 105 Å². The first-order chi connectivity index (χ1) is 17.5. The molecule has 1 N–H and O–H groups in total. The molecule has 2 saturated heterocycles. The average molecular weight is 552 g/mol. The number of hydrogen-bond donors (Lipinski definition) is 1. The fourth-order valence-corrected chi connectivity index (χ4v) is 9.53. The SMILES string of the molecule is Cc1sc2ncn(CC(=O)NCCCN3C[C@H](C)C[C@H](C)C3)c(=O)c2c1S(=O)(=O)N1C[C@H](C)C[C@H](C)C1. The van der Waals surface area contributed by atoms with Gasteiger partial charge in [-0.15, -0.1) is 11.3 Å². The van der Waals surface area contributed by atoms with Crippen LogP contribution < -0.4 is 10.9 Å². The molecule has 4 rings (SSSR count). The summed E-state index contributed by atoms with van der Waals surface area (Å²) in [7, 11) is -3.86. The van der Waals surface area contributed by atoms with E-state index in [4.69, 9.17) is 0 Å². The number of carbonyl (C=O) groups is 1. The molecule has 0 saturated carbocycles. The Morgan fingerprint density at radius 3 is 2.27 bits per heavy atom. The molecule has 0 aromatic carbocycles. The molecule has 0 bridgehead atoms. The van der Waals surface area contributed by atoms with E-state index >= 15 is 0 Å². The number of nitrogens with zero attached hydrogens (tertiary/aromatic N) is 4. The minimum Gasteiger partial charge on any atom is -0.354 e. The highest BCUT2D eigenvalue weighted by Gasteiger charge is 2.36. The number of carbonyl (C=O) groups excluding carboxylic acids is 1. The lowest BCUT2D eigenvalue weighted by Crippen LogP contribution is -2.43. The highest BCUT2D eigenvalue weighted by molar-refractivity contribution is 7.89. The Balaban J connectivity index is 1.45. The summed E-state index contributed by atoms with van der Waals surface area (Å²) in [5.74, 6) is 1.62. The van der Waals surface area contributed by atoms with Gasteiger partial charge in [0.15, 0.2) is 0 Å². The molecule has 2 aliphatic rings. The summed E-state index contributed by atoms with van der Waals surface area (Å²) in [4.78, 5) is 33.8. The Hall–Kier alpha value is -1.82. The number of likely N-dealkylation sites (tertiary alicyclic amines) is 1. The van der Waals surface area contributed by atoms with Crippen molar-refractivity contribution in [3.05, 3.63) is 21.6 Å². The van der Waals surface area contributed by atoms with Crippen molar-refractivity contribution in [1.29, 1.82) is 0 Å². The Kier molecular flexibility index (Phi) is 8.77. The van der Waals surface area contributed by atoms with Gasteiger partial charge < -0.3 is 10.2 Å². The number of rotatable bonds is 8. The third kappa shape index (κ3) is 6.43. The Bertz CT molecular complexity index is 1270. The number of sulfonamides is 1. The summed E-state index contributed by atoms with van der Waals surface area (Å²) in [6.45, 7) is 14.7. The van der Waals surface area contributed by atoms with E-state index in [0.29, 0.717) is 41.2 Å². The zero-order chi connectivity index (χ0) is 26.9. The van der Waals surface area contributed by atoms with Crippen molar-refractivity contribution < 1.29 is 13.2 Å². The molecule has 2 fully saturated rings. The fraction of sp³-hybridized carbons (Fsp3) is 0.731. The van der Waals surface area contributed by atoms with Crippen LogP contribution in [0.3, 0.4) is 0 Å². The number of piperidine rings is 2. The van der Waals surface area contributed by atoms with E-state index in [-0.39, 0.29) is 34.6 Å². The molecule has 2 aromatic heterocycles. The molecule has 37 heavy (non-hydrogen) atoms. The molecule has 0 unspecified atom stereocenters. The number of amides is 1. The summed E-state index contributed by atoms with van der Waals surface area (Å²) >= 11 is 1.21. The quantitative estimate of drug-likeness (QED) is 0.506. The molecular weight excluding hydrogens is 510 g/mol. The molecule has 9 nitrogen and oxygen atoms in total. The lowest BCUT2D eigenvalue weighted by molar-refractivity contribution is -0.121. The van der Waals surface area contributed by atoms with Crippen molar-refractivity contribution >= 4 is 37.5 Å². The van der Waals surface area contributed by atoms with Gasteiger partial charge in [0.25, 0.3) is 5.56 Å². The third-order valence-electron chi connectivity index (χ3n) is 7.46. The molecule has 11 heteroatoms. The smallest absolute Gasteiger partial charge is 0.263 e. The van der Waals surface area contributed by atoms with Crippen molar-refractivity contribution in [2.75, 3.05) is 39.3 Å². The molecule has 4 heterocycles. The van der Waals surface area contributed by atoms with Crippen LogP contribution in [0, 0.1) is 30.6 Å². The molecule has 0 aliphatic carbocycles. The minimum absolute atomic E-state index is 0.0473. The fourth-order valence-electron chi connectivity index (χ4n) is 6.18. The predicted molar refractivity (Wildman–Crippen MR) is 147 cm³/mol. The van der Waals surface area contributed by atoms with Gasteiger partial charge in [-0.1, -0.05) is 27.7 Å². The number of aromatic nitrogens is 2. The van der Waals surface area contributed by atoms with Crippen molar-refractivity contribution in [1.82, 2.24) is 24.1 Å². The second kappa shape index (κ2) is 11.5. The van der Waals surface area contributed by atoms with E-state index in [1.54, 1.807) is 6.92 Å². The van der Waals surface area contributed by atoms with Gasteiger partial charge in [-0.25, -0.2) is 13.4 Å². The van der Waals surface area contributed by atoms with Gasteiger partial charge >= 0.3 is 0 Å². The van der Waals surface area contributed by atoms with Gasteiger partial charge in [0.1, 0.15) is 16.3 Å². The maximum Gasteiger partial charge on any atom is 0.263 e. The van der Waals surface area contributed by atoms with Gasteiger partial charge in [-0.05, 0) is 56.4 Å². The zero-order valence-electron chi connectivity index (χ0n) is 22.7. The van der Waals surface area contributed by atoms with Crippen molar-refractivity contribution in [3.8, 4) is 0 Å². The molecule has 0 spiro atoms. The van der Waals surface area contributed by atoms with Crippen LogP contribution in [-0.2, 0) is 21.4 Å². The lowest BCUT2D eigenvalue weighted by Gasteiger charge is -2.34. The van der Waals surface area contributed by atoms with Crippen LogP contribution in [0.5, 0.6) is 0 Å². The second-order valence-electron chi connectivity index (χ2n) is 11.5. The summed E-state index contributed by atoms with van der Waals surface area (Å²) in [5, 5.41) is 3.00. The van der Waals surface area contributed by atoms with E-state index in [0.717, 1.165) is 32.5 Å². The van der Waals surface area contributed by atoms with E-state index in [9.17, 15) is 18.0 Å². The maximum absolute atomic E-state index is 13.7. The molecule has 4 atom stereocenters. The van der Waals surface area contributed by atoms with Crippen LogP contribution in [0.15, 0.2) is 16.0 Å². The molecular formula is C26H41N5O4S2. The number of aryl methyl sites for hydroxylation is 1. The van der Waals surface area contributed by atoms with E-state index < -0.39 is 15.6 Å². The van der Waals surface area contributed by atoms with Crippen LogP contribution in [0.2, 0.25) is 0 Å². The number of fused-ring (bicyclic) bond motifs is 1. The average Bonchev–Trinajstić information content (AvgIpc) is 3.15. The summed E-state index contributed by atoms with van der Waals surface area (Å²) in [6, 6.07) is 0. The van der Waals surface area contributed by atoms with E-state index in [2.05, 4.69) is 42.9 Å². The Labute approximate surface area is 224 Å². The van der Waals surface area contributed by atoms with Gasteiger partial charge in [0.2, 0.25) is 15.9 Å². The Morgan fingerprint density at radius 1 is 1.05 bits per heavy atom. The maximum atomic E-state index is 13.7. The highest BCUT2D eigenvalue weighted by Crippen LogP contribution is 2.35. The first-order valence-corrected chi connectivity index (χ1v) is 15.7. The van der Waals surface area contributed by atoms with Gasteiger partial charge in [-0.3, -0.25) is 14.2 Å². The monoisotopic (exact) mass is 551 g/mol.